The number of hydrogen-bond acceptors (Lipinski definition) is 6. The van der Waals surface area contributed by atoms with Crippen molar-refractivity contribution in [2.75, 3.05) is 25.5 Å². The van der Waals surface area contributed by atoms with E-state index >= 15 is 0 Å². The number of anilines is 1. The zero-order valence-electron chi connectivity index (χ0n) is 11.6. The number of esters is 1. The van der Waals surface area contributed by atoms with E-state index in [0.717, 1.165) is 0 Å². The molecule has 0 atom stereocenters. The standard InChI is InChI=1S/C12H17N3O4S/c1-4-19-11(18)5-9-7-20-12(13-9)14-10(17)6-15(3)8(2)16/h7H,4-6H2,1-3H3,(H,13,14,17). The van der Waals surface area contributed by atoms with Gasteiger partial charge in [-0.3, -0.25) is 14.4 Å². The molecule has 0 aliphatic rings. The molecule has 0 bridgehead atoms. The third-order valence-electron chi connectivity index (χ3n) is 2.35. The second kappa shape index (κ2) is 7.59. The van der Waals surface area contributed by atoms with Crippen LogP contribution in [0.3, 0.4) is 0 Å². The highest BCUT2D eigenvalue weighted by atomic mass is 32.1. The van der Waals surface area contributed by atoms with Gasteiger partial charge in [-0.25, -0.2) is 4.98 Å². The lowest BCUT2D eigenvalue weighted by molar-refractivity contribution is -0.142. The van der Waals surface area contributed by atoms with Crippen molar-refractivity contribution >= 4 is 34.3 Å². The van der Waals surface area contributed by atoms with Crippen molar-refractivity contribution in [3.05, 3.63) is 11.1 Å². The first-order valence-electron chi connectivity index (χ1n) is 6.04. The van der Waals surface area contributed by atoms with E-state index in [4.69, 9.17) is 4.74 Å². The summed E-state index contributed by atoms with van der Waals surface area (Å²) in [5, 5.41) is 4.65. The molecule has 0 saturated heterocycles. The van der Waals surface area contributed by atoms with Gasteiger partial charge in [0.25, 0.3) is 0 Å². The molecule has 0 fully saturated rings. The zero-order chi connectivity index (χ0) is 15.1. The van der Waals surface area contributed by atoms with Crippen LogP contribution in [0.25, 0.3) is 0 Å². The predicted octanol–water partition coefficient (Wildman–Crippen LogP) is 0.665. The van der Waals surface area contributed by atoms with Crippen molar-refractivity contribution in [1.82, 2.24) is 9.88 Å². The smallest absolute Gasteiger partial charge is 0.311 e. The summed E-state index contributed by atoms with van der Waals surface area (Å²) in [7, 11) is 1.54. The first-order chi connectivity index (χ1) is 9.42. The number of carbonyl (C=O) groups is 3. The molecule has 0 radical (unpaired) electrons. The van der Waals surface area contributed by atoms with Crippen molar-refractivity contribution < 1.29 is 19.1 Å². The van der Waals surface area contributed by atoms with Crippen molar-refractivity contribution in [3.8, 4) is 0 Å². The van der Waals surface area contributed by atoms with Crippen LogP contribution in [-0.4, -0.2) is 47.9 Å². The van der Waals surface area contributed by atoms with Gasteiger partial charge in [0.15, 0.2) is 5.13 Å². The average Bonchev–Trinajstić information content (AvgIpc) is 2.76. The van der Waals surface area contributed by atoms with Crippen LogP contribution in [0.5, 0.6) is 0 Å². The van der Waals surface area contributed by atoms with Crippen LogP contribution in [0.4, 0.5) is 5.13 Å². The maximum Gasteiger partial charge on any atom is 0.311 e. The number of amides is 2. The Bertz CT molecular complexity index is 501. The Morgan fingerprint density at radius 3 is 2.75 bits per heavy atom. The van der Waals surface area contributed by atoms with Crippen LogP contribution in [0.15, 0.2) is 5.38 Å². The van der Waals surface area contributed by atoms with Gasteiger partial charge in [-0.05, 0) is 6.92 Å². The molecule has 110 valence electrons. The molecule has 0 spiro atoms. The lowest BCUT2D eigenvalue weighted by atomic mass is 10.3. The molecule has 1 aromatic heterocycles. The molecular formula is C12H17N3O4S. The van der Waals surface area contributed by atoms with Crippen LogP contribution in [0.2, 0.25) is 0 Å². The summed E-state index contributed by atoms with van der Waals surface area (Å²) >= 11 is 1.22. The van der Waals surface area contributed by atoms with Crippen molar-refractivity contribution in [1.29, 1.82) is 0 Å². The summed E-state index contributed by atoms with van der Waals surface area (Å²) < 4.78 is 4.81. The normalized spacial score (nSPS) is 9.95. The van der Waals surface area contributed by atoms with E-state index in [9.17, 15) is 14.4 Å². The molecule has 20 heavy (non-hydrogen) atoms. The molecule has 1 heterocycles. The second-order valence-electron chi connectivity index (χ2n) is 4.05. The highest BCUT2D eigenvalue weighted by molar-refractivity contribution is 7.13. The van der Waals surface area contributed by atoms with Gasteiger partial charge in [0.05, 0.1) is 25.3 Å². The minimum atomic E-state index is -0.355. The molecule has 1 aromatic rings. The molecule has 0 unspecified atom stereocenters. The molecule has 0 aliphatic carbocycles. The fourth-order valence-corrected chi connectivity index (χ4v) is 2.02. The highest BCUT2D eigenvalue weighted by Crippen LogP contribution is 2.16. The van der Waals surface area contributed by atoms with Crippen molar-refractivity contribution in [2.45, 2.75) is 20.3 Å². The molecule has 7 nitrogen and oxygen atoms in total. The van der Waals surface area contributed by atoms with Crippen LogP contribution < -0.4 is 5.32 Å². The predicted molar refractivity (Wildman–Crippen MR) is 74.4 cm³/mol. The number of nitrogens with one attached hydrogen (secondary N) is 1. The van der Waals surface area contributed by atoms with Crippen molar-refractivity contribution in [3.63, 3.8) is 0 Å². The van der Waals surface area contributed by atoms with E-state index in [1.54, 1.807) is 12.3 Å². The fraction of sp³-hybridized carbons (Fsp3) is 0.500. The van der Waals surface area contributed by atoms with Gasteiger partial charge in [0.2, 0.25) is 11.8 Å². The van der Waals surface area contributed by atoms with Gasteiger partial charge >= 0.3 is 5.97 Å². The van der Waals surface area contributed by atoms with E-state index in [2.05, 4.69) is 10.3 Å². The largest absolute Gasteiger partial charge is 0.466 e. The maximum atomic E-state index is 11.6. The number of rotatable bonds is 6. The SMILES string of the molecule is CCOC(=O)Cc1csc(NC(=O)CN(C)C(C)=O)n1. The van der Waals surface area contributed by atoms with Gasteiger partial charge in [-0.2, -0.15) is 0 Å². The number of nitrogens with zero attached hydrogens (tertiary/aromatic N) is 2. The van der Waals surface area contributed by atoms with E-state index in [1.807, 2.05) is 0 Å². The van der Waals surface area contributed by atoms with Crippen molar-refractivity contribution in [2.24, 2.45) is 0 Å². The number of thiazole rings is 1. The Morgan fingerprint density at radius 2 is 2.15 bits per heavy atom. The van der Waals surface area contributed by atoms with Gasteiger partial charge in [0.1, 0.15) is 0 Å². The summed E-state index contributed by atoms with van der Waals surface area (Å²) in [6.45, 7) is 3.40. The summed E-state index contributed by atoms with van der Waals surface area (Å²) in [6, 6.07) is 0. The number of ether oxygens (including phenoxy) is 1. The van der Waals surface area contributed by atoms with E-state index in [0.29, 0.717) is 17.4 Å². The number of likely N-dealkylation sites (N-methyl/N-ethyl adjacent to an activating group) is 1. The monoisotopic (exact) mass is 299 g/mol. The molecule has 2 amide bonds. The highest BCUT2D eigenvalue weighted by Gasteiger charge is 2.12. The Morgan fingerprint density at radius 1 is 1.45 bits per heavy atom. The lowest BCUT2D eigenvalue weighted by Gasteiger charge is -2.13. The third-order valence-corrected chi connectivity index (χ3v) is 3.15. The molecule has 1 N–H and O–H groups in total. The Balaban J connectivity index is 2.49. The third kappa shape index (κ3) is 5.35. The van der Waals surface area contributed by atoms with E-state index in [-0.39, 0.29) is 30.7 Å². The summed E-state index contributed by atoms with van der Waals surface area (Å²) in [5.74, 6) is -0.881. The first kappa shape index (κ1) is 16.1. The topological polar surface area (TPSA) is 88.6 Å². The Kier molecular flexibility index (Phi) is 6.10. The van der Waals surface area contributed by atoms with E-state index < -0.39 is 0 Å². The van der Waals surface area contributed by atoms with Gasteiger partial charge in [-0.1, -0.05) is 0 Å². The van der Waals surface area contributed by atoms with Gasteiger partial charge in [-0.15, -0.1) is 11.3 Å². The molecule has 0 aromatic carbocycles. The van der Waals surface area contributed by atoms with Crippen LogP contribution in [0, 0.1) is 0 Å². The second-order valence-corrected chi connectivity index (χ2v) is 4.91. The molecule has 1 rings (SSSR count). The summed E-state index contributed by atoms with van der Waals surface area (Å²) in [6.07, 6.45) is 0.0769. The average molecular weight is 299 g/mol. The molecule has 0 saturated carbocycles. The number of aromatic nitrogens is 1. The minimum absolute atomic E-state index is 0.0396. The molecular weight excluding hydrogens is 282 g/mol. The van der Waals surface area contributed by atoms with Crippen LogP contribution >= 0.6 is 11.3 Å². The number of hydrogen-bond donors (Lipinski definition) is 1. The van der Waals surface area contributed by atoms with Crippen LogP contribution in [-0.2, 0) is 25.5 Å². The fourth-order valence-electron chi connectivity index (χ4n) is 1.29. The van der Waals surface area contributed by atoms with Gasteiger partial charge < -0.3 is 15.0 Å². The Labute approximate surface area is 120 Å². The summed E-state index contributed by atoms with van der Waals surface area (Å²) in [5.41, 5.74) is 0.545. The minimum Gasteiger partial charge on any atom is -0.466 e. The Hall–Kier alpha value is -1.96. The maximum absolute atomic E-state index is 11.6. The zero-order valence-corrected chi connectivity index (χ0v) is 12.5. The quantitative estimate of drug-likeness (QED) is 0.780. The molecule has 8 heteroatoms. The lowest BCUT2D eigenvalue weighted by Crippen LogP contribution is -2.33. The van der Waals surface area contributed by atoms with Crippen LogP contribution in [0.1, 0.15) is 19.5 Å². The molecule has 0 aliphatic heterocycles. The van der Waals surface area contributed by atoms with E-state index in [1.165, 1.54) is 30.2 Å². The van der Waals surface area contributed by atoms with Gasteiger partial charge in [0, 0.05) is 19.4 Å². The number of carbonyl (C=O) groups excluding carboxylic acids is 3. The first-order valence-corrected chi connectivity index (χ1v) is 6.92. The summed E-state index contributed by atoms with van der Waals surface area (Å²) in [4.78, 5) is 39.3.